The highest BCUT2D eigenvalue weighted by molar-refractivity contribution is 5.96. The summed E-state index contributed by atoms with van der Waals surface area (Å²) in [6.45, 7) is 1.78. The maximum Gasteiger partial charge on any atom is 0.126 e. The molecule has 0 N–H and O–H groups in total. The number of halogens is 1. The summed E-state index contributed by atoms with van der Waals surface area (Å²) >= 11 is 0. The number of hydrogen-bond acceptors (Lipinski definition) is 0. The maximum atomic E-state index is 13.7. The lowest BCUT2D eigenvalue weighted by molar-refractivity contribution is 0.619. The molecular weight excluding hydrogens is 223 g/mol. The summed E-state index contributed by atoms with van der Waals surface area (Å²) in [5, 5.41) is 2.33. The van der Waals surface area contributed by atoms with Gasteiger partial charge in [-0.15, -0.1) is 0 Å². The van der Waals surface area contributed by atoms with Crippen molar-refractivity contribution < 1.29 is 4.39 Å². The van der Waals surface area contributed by atoms with Gasteiger partial charge in [-0.05, 0) is 40.5 Å². The summed E-state index contributed by atoms with van der Waals surface area (Å²) in [6.07, 6.45) is 0. The highest BCUT2D eigenvalue weighted by atomic mass is 19.1. The smallest absolute Gasteiger partial charge is 0.126 e. The second kappa shape index (κ2) is 4.26. The average Bonchev–Trinajstić information content (AvgIpc) is 2.41. The molecule has 3 rings (SSSR count). The Morgan fingerprint density at radius 2 is 1.61 bits per heavy atom. The van der Waals surface area contributed by atoms with E-state index in [9.17, 15) is 4.39 Å². The lowest BCUT2D eigenvalue weighted by atomic mass is 9.97. The van der Waals surface area contributed by atoms with Gasteiger partial charge in [0.15, 0.2) is 0 Å². The van der Waals surface area contributed by atoms with Gasteiger partial charge in [0.2, 0.25) is 0 Å². The van der Waals surface area contributed by atoms with Gasteiger partial charge in [0.1, 0.15) is 5.82 Å². The van der Waals surface area contributed by atoms with Crippen LogP contribution in [0.15, 0.2) is 60.7 Å². The van der Waals surface area contributed by atoms with Crippen LogP contribution in [0.25, 0.3) is 21.9 Å². The Balaban J connectivity index is 2.28. The lowest BCUT2D eigenvalue weighted by Gasteiger charge is -2.07. The molecule has 0 bridgehead atoms. The summed E-state index contributed by atoms with van der Waals surface area (Å²) in [5.74, 6) is -0.152. The first-order chi connectivity index (χ1) is 8.75. The number of benzene rings is 3. The second-order valence-electron chi connectivity index (χ2n) is 4.49. The van der Waals surface area contributed by atoms with Crippen LogP contribution in [0, 0.1) is 12.7 Å². The maximum absolute atomic E-state index is 13.7. The Labute approximate surface area is 106 Å². The number of fused-ring (bicyclic) bond motifs is 1. The number of aryl methyl sites for hydroxylation is 1. The van der Waals surface area contributed by atoms with Gasteiger partial charge < -0.3 is 0 Å². The Bertz CT molecular complexity index is 708. The molecular formula is C17H13F. The first-order valence-corrected chi connectivity index (χ1v) is 6.00. The summed E-state index contributed by atoms with van der Waals surface area (Å²) in [4.78, 5) is 0. The standard InChI is InChI=1S/C17H13F/c1-12-9-10-14(11-17(12)18)16-8-4-6-13-5-2-3-7-15(13)16/h2-11H,1H3. The molecule has 0 saturated carbocycles. The van der Waals surface area contributed by atoms with E-state index in [0.29, 0.717) is 5.56 Å². The molecule has 0 aliphatic carbocycles. The van der Waals surface area contributed by atoms with E-state index in [1.165, 1.54) is 5.39 Å². The SMILES string of the molecule is Cc1ccc(-c2cccc3ccccc23)cc1F. The van der Waals surface area contributed by atoms with E-state index in [1.54, 1.807) is 13.0 Å². The van der Waals surface area contributed by atoms with E-state index < -0.39 is 0 Å². The van der Waals surface area contributed by atoms with Crippen molar-refractivity contribution in [3.63, 3.8) is 0 Å². The van der Waals surface area contributed by atoms with E-state index in [4.69, 9.17) is 0 Å². The minimum Gasteiger partial charge on any atom is -0.207 e. The zero-order chi connectivity index (χ0) is 12.5. The topological polar surface area (TPSA) is 0 Å². The fraction of sp³-hybridized carbons (Fsp3) is 0.0588. The molecule has 0 radical (unpaired) electrons. The van der Waals surface area contributed by atoms with Crippen molar-refractivity contribution in [3.05, 3.63) is 72.0 Å². The van der Waals surface area contributed by atoms with Gasteiger partial charge in [-0.1, -0.05) is 54.6 Å². The van der Waals surface area contributed by atoms with Crippen molar-refractivity contribution in [2.24, 2.45) is 0 Å². The minimum atomic E-state index is -0.152. The first kappa shape index (κ1) is 11.0. The molecule has 0 heterocycles. The summed E-state index contributed by atoms with van der Waals surface area (Å²) in [7, 11) is 0. The highest BCUT2D eigenvalue weighted by Crippen LogP contribution is 2.29. The van der Waals surface area contributed by atoms with Crippen LogP contribution in [-0.4, -0.2) is 0 Å². The van der Waals surface area contributed by atoms with Gasteiger partial charge in [-0.25, -0.2) is 4.39 Å². The third kappa shape index (κ3) is 1.78. The van der Waals surface area contributed by atoms with Crippen molar-refractivity contribution in [1.29, 1.82) is 0 Å². The summed E-state index contributed by atoms with van der Waals surface area (Å²) in [6, 6.07) is 19.7. The van der Waals surface area contributed by atoms with Crippen molar-refractivity contribution in [3.8, 4) is 11.1 Å². The third-order valence-electron chi connectivity index (χ3n) is 3.27. The fourth-order valence-electron chi connectivity index (χ4n) is 2.24. The van der Waals surface area contributed by atoms with Crippen molar-refractivity contribution in [2.75, 3.05) is 0 Å². The predicted octanol–water partition coefficient (Wildman–Crippen LogP) is 4.95. The molecule has 0 aliphatic rings. The Morgan fingerprint density at radius 1 is 0.833 bits per heavy atom. The molecule has 0 fully saturated rings. The van der Waals surface area contributed by atoms with E-state index in [0.717, 1.165) is 16.5 Å². The fourth-order valence-corrected chi connectivity index (χ4v) is 2.24. The number of hydrogen-bond donors (Lipinski definition) is 0. The van der Waals surface area contributed by atoms with E-state index in [1.807, 2.05) is 36.4 Å². The van der Waals surface area contributed by atoms with Crippen LogP contribution in [0.4, 0.5) is 4.39 Å². The van der Waals surface area contributed by atoms with Crippen LogP contribution in [-0.2, 0) is 0 Å². The molecule has 88 valence electrons. The molecule has 3 aromatic carbocycles. The van der Waals surface area contributed by atoms with Crippen LogP contribution in [0.1, 0.15) is 5.56 Å². The minimum absolute atomic E-state index is 0.152. The van der Waals surface area contributed by atoms with E-state index >= 15 is 0 Å². The van der Waals surface area contributed by atoms with Crippen molar-refractivity contribution in [2.45, 2.75) is 6.92 Å². The molecule has 0 aromatic heterocycles. The predicted molar refractivity (Wildman–Crippen MR) is 74.1 cm³/mol. The summed E-state index contributed by atoms with van der Waals surface area (Å²) < 4.78 is 13.7. The molecule has 0 saturated heterocycles. The summed E-state index contributed by atoms with van der Waals surface area (Å²) in [5.41, 5.74) is 2.68. The molecule has 1 heteroatoms. The molecule has 0 amide bonds. The Kier molecular flexibility index (Phi) is 2.60. The zero-order valence-electron chi connectivity index (χ0n) is 10.2. The molecule has 0 atom stereocenters. The lowest BCUT2D eigenvalue weighted by Crippen LogP contribution is -1.85. The van der Waals surface area contributed by atoms with Crippen LogP contribution >= 0.6 is 0 Å². The van der Waals surface area contributed by atoms with Crippen LogP contribution in [0.3, 0.4) is 0 Å². The third-order valence-corrected chi connectivity index (χ3v) is 3.27. The molecule has 0 nitrogen and oxygen atoms in total. The zero-order valence-corrected chi connectivity index (χ0v) is 10.2. The van der Waals surface area contributed by atoms with Gasteiger partial charge in [-0.3, -0.25) is 0 Å². The molecule has 0 aliphatic heterocycles. The molecule has 3 aromatic rings. The molecule has 0 unspecified atom stereocenters. The highest BCUT2D eigenvalue weighted by Gasteiger charge is 2.05. The van der Waals surface area contributed by atoms with Crippen molar-refractivity contribution >= 4 is 10.8 Å². The normalized spacial score (nSPS) is 10.8. The van der Waals surface area contributed by atoms with Crippen LogP contribution in [0.2, 0.25) is 0 Å². The van der Waals surface area contributed by atoms with Gasteiger partial charge in [0, 0.05) is 0 Å². The van der Waals surface area contributed by atoms with E-state index in [-0.39, 0.29) is 5.82 Å². The Morgan fingerprint density at radius 3 is 2.44 bits per heavy atom. The van der Waals surface area contributed by atoms with Crippen LogP contribution in [0.5, 0.6) is 0 Å². The van der Waals surface area contributed by atoms with Gasteiger partial charge in [0.25, 0.3) is 0 Å². The van der Waals surface area contributed by atoms with Gasteiger partial charge in [0.05, 0.1) is 0 Å². The first-order valence-electron chi connectivity index (χ1n) is 6.00. The van der Waals surface area contributed by atoms with Crippen LogP contribution < -0.4 is 0 Å². The average molecular weight is 236 g/mol. The van der Waals surface area contributed by atoms with Gasteiger partial charge in [-0.2, -0.15) is 0 Å². The quantitative estimate of drug-likeness (QED) is 0.560. The second-order valence-corrected chi connectivity index (χ2v) is 4.49. The van der Waals surface area contributed by atoms with Gasteiger partial charge >= 0.3 is 0 Å². The number of rotatable bonds is 1. The van der Waals surface area contributed by atoms with E-state index in [2.05, 4.69) is 18.2 Å². The largest absolute Gasteiger partial charge is 0.207 e. The molecule has 18 heavy (non-hydrogen) atoms. The molecule has 0 spiro atoms. The van der Waals surface area contributed by atoms with Crippen molar-refractivity contribution in [1.82, 2.24) is 0 Å². The monoisotopic (exact) mass is 236 g/mol. The Hall–Kier alpha value is -2.15.